The van der Waals surface area contributed by atoms with E-state index >= 15 is 0 Å². The summed E-state index contributed by atoms with van der Waals surface area (Å²) >= 11 is 0. The fourth-order valence-corrected chi connectivity index (χ4v) is 4.01. The zero-order chi connectivity index (χ0) is 21.9. The largest absolute Gasteiger partial charge is 0.369 e. The van der Waals surface area contributed by atoms with Crippen LogP contribution < -0.4 is 5.32 Å². The highest BCUT2D eigenvalue weighted by Crippen LogP contribution is 2.35. The van der Waals surface area contributed by atoms with Gasteiger partial charge in [0.15, 0.2) is 0 Å². The summed E-state index contributed by atoms with van der Waals surface area (Å²) in [5, 5.41) is 15.0. The standard InChI is InChI=1S/C26H20BN3O2/c31-30(32)25-14-8-7-13-24(25)28-26-23(21-11-5-2-6-12-21)16-18-27-17-15-22(19-29(26)27)20-9-3-1-4-10-20/h1-19,28H. The molecule has 5 nitrogen and oxygen atoms in total. The van der Waals surface area contributed by atoms with Gasteiger partial charge in [0.05, 0.1) is 4.92 Å². The van der Waals surface area contributed by atoms with Gasteiger partial charge in [0.1, 0.15) is 11.5 Å². The van der Waals surface area contributed by atoms with E-state index in [0.717, 1.165) is 28.1 Å². The van der Waals surface area contributed by atoms with Crippen molar-refractivity contribution in [2.75, 3.05) is 5.32 Å². The van der Waals surface area contributed by atoms with Crippen LogP contribution in [0.1, 0.15) is 11.1 Å². The van der Waals surface area contributed by atoms with Crippen molar-refractivity contribution < 1.29 is 4.92 Å². The van der Waals surface area contributed by atoms with Crippen LogP contribution in [0.4, 0.5) is 11.4 Å². The Labute approximate surface area is 187 Å². The number of para-hydroxylation sites is 2. The molecule has 0 fully saturated rings. The molecule has 3 aromatic rings. The highest BCUT2D eigenvalue weighted by molar-refractivity contribution is 6.68. The van der Waals surface area contributed by atoms with E-state index in [2.05, 4.69) is 52.6 Å². The Morgan fingerprint density at radius 2 is 1.41 bits per heavy atom. The SMILES string of the molecule is O=[N+]([O-])c1ccccc1NC1=C(c2ccccc2)C=CB2C=CC(c3ccccc3)=CN21. The molecule has 2 heterocycles. The average Bonchev–Trinajstić information content (AvgIpc) is 2.85. The van der Waals surface area contributed by atoms with Crippen LogP contribution in [0.15, 0.2) is 121 Å². The number of rotatable bonds is 5. The molecule has 0 aromatic heterocycles. The smallest absolute Gasteiger partial charge is 0.314 e. The van der Waals surface area contributed by atoms with Crippen molar-refractivity contribution in [3.05, 3.63) is 142 Å². The van der Waals surface area contributed by atoms with Gasteiger partial charge in [-0.15, -0.1) is 0 Å². The van der Waals surface area contributed by atoms with Crippen LogP contribution in [0.2, 0.25) is 0 Å². The first-order valence-corrected chi connectivity index (χ1v) is 10.4. The molecule has 1 N–H and O–H groups in total. The Hall–Kier alpha value is -4.32. The first kappa shape index (κ1) is 19.6. The number of nitro groups is 1. The Kier molecular flexibility index (Phi) is 5.18. The predicted molar refractivity (Wildman–Crippen MR) is 130 cm³/mol. The summed E-state index contributed by atoms with van der Waals surface area (Å²) in [6.45, 7) is 0.0141. The van der Waals surface area contributed by atoms with Gasteiger partial charge in [-0.25, -0.2) is 0 Å². The van der Waals surface area contributed by atoms with Crippen molar-refractivity contribution in [3.8, 4) is 0 Å². The van der Waals surface area contributed by atoms with Crippen molar-refractivity contribution >= 4 is 29.4 Å². The molecule has 3 aromatic carbocycles. The fraction of sp³-hybridized carbons (Fsp3) is 0. The second kappa shape index (κ2) is 8.43. The molecule has 0 spiro atoms. The minimum absolute atomic E-state index is 0.0141. The fourth-order valence-electron chi connectivity index (χ4n) is 4.01. The maximum atomic E-state index is 11.6. The van der Waals surface area contributed by atoms with Crippen molar-refractivity contribution in [2.45, 2.75) is 0 Å². The van der Waals surface area contributed by atoms with Gasteiger partial charge in [0.25, 0.3) is 5.69 Å². The lowest BCUT2D eigenvalue weighted by Crippen LogP contribution is -2.39. The molecule has 2 aliphatic rings. The maximum Gasteiger partial charge on any atom is 0.314 e. The molecular weight excluding hydrogens is 397 g/mol. The summed E-state index contributed by atoms with van der Waals surface area (Å²) in [6, 6.07) is 27.0. The molecule has 32 heavy (non-hydrogen) atoms. The van der Waals surface area contributed by atoms with Gasteiger partial charge < -0.3 is 10.1 Å². The third kappa shape index (κ3) is 3.74. The van der Waals surface area contributed by atoms with Crippen LogP contribution in [0, 0.1) is 10.1 Å². The third-order valence-corrected chi connectivity index (χ3v) is 5.59. The molecule has 0 amide bonds. The van der Waals surface area contributed by atoms with Gasteiger partial charge in [-0.05, 0) is 22.8 Å². The summed E-state index contributed by atoms with van der Waals surface area (Å²) in [5.41, 5.74) is 4.69. The van der Waals surface area contributed by atoms with Crippen molar-refractivity contribution in [3.63, 3.8) is 0 Å². The van der Waals surface area contributed by atoms with Crippen LogP contribution in [0.5, 0.6) is 0 Å². The molecular formula is C26H20BN3O2. The number of anilines is 1. The molecule has 5 rings (SSSR count). The van der Waals surface area contributed by atoms with E-state index in [9.17, 15) is 10.1 Å². The molecule has 154 valence electrons. The van der Waals surface area contributed by atoms with Crippen LogP contribution in [-0.4, -0.2) is 16.6 Å². The summed E-state index contributed by atoms with van der Waals surface area (Å²) in [6.07, 6.45) is 6.31. The molecule has 0 saturated heterocycles. The number of allylic oxidation sites excluding steroid dienone is 4. The predicted octanol–water partition coefficient (Wildman–Crippen LogP) is 5.93. The molecule has 2 aliphatic heterocycles. The molecule has 0 bridgehead atoms. The Morgan fingerprint density at radius 1 is 0.781 bits per heavy atom. The zero-order valence-electron chi connectivity index (χ0n) is 17.3. The Bertz CT molecular complexity index is 1280. The molecule has 0 saturated carbocycles. The topological polar surface area (TPSA) is 58.4 Å². The minimum atomic E-state index is -0.359. The zero-order valence-corrected chi connectivity index (χ0v) is 17.3. The van der Waals surface area contributed by atoms with E-state index in [1.807, 2.05) is 48.5 Å². The van der Waals surface area contributed by atoms with Crippen LogP contribution in [0.3, 0.4) is 0 Å². The van der Waals surface area contributed by atoms with E-state index in [1.165, 1.54) is 6.07 Å². The van der Waals surface area contributed by atoms with E-state index in [0.29, 0.717) is 5.69 Å². The van der Waals surface area contributed by atoms with E-state index < -0.39 is 0 Å². The Balaban J connectivity index is 1.64. The second-order valence-electron chi connectivity index (χ2n) is 7.59. The lowest BCUT2D eigenvalue weighted by molar-refractivity contribution is -0.383. The van der Waals surface area contributed by atoms with Gasteiger partial charge in [-0.2, -0.15) is 0 Å². The monoisotopic (exact) mass is 417 g/mol. The quantitative estimate of drug-likeness (QED) is 0.318. The molecule has 0 unspecified atom stereocenters. The highest BCUT2D eigenvalue weighted by Gasteiger charge is 2.29. The first-order valence-electron chi connectivity index (χ1n) is 10.4. The van der Waals surface area contributed by atoms with Crippen molar-refractivity contribution in [1.82, 2.24) is 4.81 Å². The number of benzene rings is 3. The lowest BCUT2D eigenvalue weighted by Gasteiger charge is -2.35. The average molecular weight is 417 g/mol. The number of nitro benzene ring substituents is 1. The molecule has 0 aliphatic carbocycles. The second-order valence-corrected chi connectivity index (χ2v) is 7.59. The number of nitrogens with one attached hydrogen (secondary N) is 1. The molecule has 0 radical (unpaired) electrons. The van der Waals surface area contributed by atoms with E-state index in [-0.39, 0.29) is 17.5 Å². The van der Waals surface area contributed by atoms with Crippen LogP contribution in [-0.2, 0) is 0 Å². The summed E-state index contributed by atoms with van der Waals surface area (Å²) in [4.78, 5) is 13.4. The number of nitrogens with zero attached hydrogens (tertiary/aromatic N) is 2. The van der Waals surface area contributed by atoms with Crippen molar-refractivity contribution in [2.24, 2.45) is 0 Å². The number of hydrogen-bond acceptors (Lipinski definition) is 4. The van der Waals surface area contributed by atoms with Gasteiger partial charge in [0, 0.05) is 17.8 Å². The van der Waals surface area contributed by atoms with Gasteiger partial charge in [-0.3, -0.25) is 10.1 Å². The van der Waals surface area contributed by atoms with Crippen LogP contribution in [0.25, 0.3) is 11.1 Å². The third-order valence-electron chi connectivity index (χ3n) is 5.59. The minimum Gasteiger partial charge on any atom is -0.369 e. The summed E-state index contributed by atoms with van der Waals surface area (Å²) in [5.74, 6) is 5.08. The number of fused-ring (bicyclic) bond motifs is 1. The first-order chi connectivity index (χ1) is 15.7. The molecule has 0 atom stereocenters. The summed E-state index contributed by atoms with van der Waals surface area (Å²) < 4.78 is 0. The summed E-state index contributed by atoms with van der Waals surface area (Å²) in [7, 11) is 0. The lowest BCUT2D eigenvalue weighted by atomic mass is 9.56. The van der Waals surface area contributed by atoms with Gasteiger partial charge in [-0.1, -0.05) is 96.9 Å². The van der Waals surface area contributed by atoms with E-state index in [4.69, 9.17) is 0 Å². The van der Waals surface area contributed by atoms with Crippen LogP contribution >= 0.6 is 0 Å². The highest BCUT2D eigenvalue weighted by atomic mass is 16.6. The normalized spacial score (nSPS) is 14.8. The van der Waals surface area contributed by atoms with Gasteiger partial charge in [0.2, 0.25) is 0 Å². The van der Waals surface area contributed by atoms with Gasteiger partial charge >= 0.3 is 6.85 Å². The Morgan fingerprint density at radius 3 is 2.12 bits per heavy atom. The van der Waals surface area contributed by atoms with Crippen molar-refractivity contribution in [1.29, 1.82) is 0 Å². The van der Waals surface area contributed by atoms with E-state index in [1.54, 1.807) is 18.2 Å². The molecule has 6 heteroatoms. The number of hydrogen-bond donors (Lipinski definition) is 1. The maximum absolute atomic E-state index is 11.6.